The van der Waals surface area contributed by atoms with E-state index >= 15 is 0 Å². The lowest BCUT2D eigenvalue weighted by Crippen LogP contribution is -2.14. The number of benzene rings is 2. The van der Waals surface area contributed by atoms with E-state index in [2.05, 4.69) is 26.4 Å². The molecule has 0 bridgehead atoms. The molecule has 1 N–H and O–H groups in total. The van der Waals surface area contributed by atoms with Gasteiger partial charge in [-0.15, -0.1) is 11.8 Å². The number of hydrogen-bond acceptors (Lipinski definition) is 4. The van der Waals surface area contributed by atoms with Gasteiger partial charge in [-0.05, 0) is 52.7 Å². The third-order valence-corrected chi connectivity index (χ3v) is 5.44. The predicted molar refractivity (Wildman–Crippen MR) is 111 cm³/mol. The van der Waals surface area contributed by atoms with Gasteiger partial charge in [0, 0.05) is 21.1 Å². The second-order valence-corrected chi connectivity index (χ2v) is 7.99. The number of nitrogens with zero attached hydrogens (tertiary/aromatic N) is 1. The van der Waals surface area contributed by atoms with E-state index in [9.17, 15) is 4.79 Å². The molecule has 7 heteroatoms. The molecule has 1 aromatic heterocycles. The Hall–Kier alpha value is -1.76. The van der Waals surface area contributed by atoms with Crippen LogP contribution in [0.5, 0.6) is 0 Å². The summed E-state index contributed by atoms with van der Waals surface area (Å²) in [4.78, 5) is 12.1. The molecule has 4 nitrogen and oxygen atoms in total. The number of rotatable bonds is 6. The fraction of sp³-hybridized carbons (Fsp3) is 0.158. The van der Waals surface area contributed by atoms with Crippen LogP contribution in [0.25, 0.3) is 11.3 Å². The Balaban J connectivity index is 1.50. The molecule has 0 atom stereocenters. The highest BCUT2D eigenvalue weighted by Gasteiger charge is 2.09. The first-order valence-corrected chi connectivity index (χ1v) is 10.2. The lowest BCUT2D eigenvalue weighted by molar-refractivity contribution is -0.113. The molecule has 2 aromatic carbocycles. The summed E-state index contributed by atoms with van der Waals surface area (Å²) in [7, 11) is 0. The molecule has 26 heavy (non-hydrogen) atoms. The number of anilines is 1. The molecule has 0 fully saturated rings. The molecule has 0 saturated heterocycles. The summed E-state index contributed by atoms with van der Waals surface area (Å²) < 4.78 is 6.21. The number of carbonyl (C=O) groups is 1. The number of hydrogen-bond donors (Lipinski definition) is 1. The van der Waals surface area contributed by atoms with Gasteiger partial charge >= 0.3 is 0 Å². The molecule has 0 aliphatic rings. The van der Waals surface area contributed by atoms with E-state index in [0.29, 0.717) is 16.5 Å². The molecule has 0 saturated carbocycles. The van der Waals surface area contributed by atoms with Gasteiger partial charge in [-0.1, -0.05) is 35.0 Å². The van der Waals surface area contributed by atoms with Crippen LogP contribution in [0.4, 0.5) is 5.69 Å². The van der Waals surface area contributed by atoms with E-state index in [1.165, 1.54) is 11.8 Å². The highest BCUT2D eigenvalue weighted by molar-refractivity contribution is 9.10. The Morgan fingerprint density at radius 1 is 1.23 bits per heavy atom. The minimum atomic E-state index is -0.0583. The van der Waals surface area contributed by atoms with Gasteiger partial charge < -0.3 is 9.84 Å². The van der Waals surface area contributed by atoms with E-state index in [1.807, 2.05) is 55.5 Å². The Morgan fingerprint density at radius 3 is 2.73 bits per heavy atom. The molecule has 3 rings (SSSR count). The van der Waals surface area contributed by atoms with E-state index in [1.54, 1.807) is 0 Å². The van der Waals surface area contributed by atoms with Crippen molar-refractivity contribution in [1.82, 2.24) is 5.16 Å². The molecule has 0 spiro atoms. The zero-order valence-corrected chi connectivity index (χ0v) is 17.1. The number of amides is 1. The largest absolute Gasteiger partial charge is 0.360 e. The number of halogens is 2. The van der Waals surface area contributed by atoms with Gasteiger partial charge in [0.2, 0.25) is 5.91 Å². The van der Waals surface area contributed by atoms with Crippen LogP contribution in [0.1, 0.15) is 11.3 Å². The van der Waals surface area contributed by atoms with Crippen molar-refractivity contribution in [3.63, 3.8) is 0 Å². The molecular formula is C19H16BrClN2O2S. The normalized spacial score (nSPS) is 10.7. The van der Waals surface area contributed by atoms with Crippen LogP contribution in [0.3, 0.4) is 0 Å². The number of carbonyl (C=O) groups excluding carboxylic acids is 1. The molecule has 0 unspecified atom stereocenters. The average molecular weight is 452 g/mol. The minimum Gasteiger partial charge on any atom is -0.360 e. The molecule has 1 amide bonds. The minimum absolute atomic E-state index is 0.0583. The van der Waals surface area contributed by atoms with Crippen molar-refractivity contribution in [2.75, 3.05) is 11.1 Å². The fourth-order valence-electron chi connectivity index (χ4n) is 2.29. The van der Waals surface area contributed by atoms with Crippen LogP contribution in [-0.4, -0.2) is 16.8 Å². The quantitative estimate of drug-likeness (QED) is 0.504. The van der Waals surface area contributed by atoms with Crippen LogP contribution in [0.15, 0.2) is 57.5 Å². The fourth-order valence-corrected chi connectivity index (χ4v) is 3.71. The van der Waals surface area contributed by atoms with Crippen LogP contribution in [0.2, 0.25) is 5.02 Å². The van der Waals surface area contributed by atoms with Crippen LogP contribution in [0, 0.1) is 6.92 Å². The maximum Gasteiger partial charge on any atom is 0.234 e. The summed E-state index contributed by atoms with van der Waals surface area (Å²) in [6.07, 6.45) is 0. The van der Waals surface area contributed by atoms with Gasteiger partial charge in [-0.2, -0.15) is 0 Å². The number of thioether (sulfide) groups is 1. The van der Waals surface area contributed by atoms with Crippen LogP contribution >= 0.6 is 39.3 Å². The van der Waals surface area contributed by atoms with Gasteiger partial charge in [-0.25, -0.2) is 0 Å². The smallest absolute Gasteiger partial charge is 0.234 e. The van der Waals surface area contributed by atoms with Gasteiger partial charge in [0.05, 0.1) is 17.2 Å². The summed E-state index contributed by atoms with van der Waals surface area (Å²) in [6.45, 7) is 2.00. The number of aromatic nitrogens is 1. The number of aryl methyl sites for hydroxylation is 1. The van der Waals surface area contributed by atoms with Crippen molar-refractivity contribution in [2.45, 2.75) is 12.7 Å². The molecule has 1 heterocycles. The van der Waals surface area contributed by atoms with Crippen molar-refractivity contribution in [1.29, 1.82) is 0 Å². The highest BCUT2D eigenvalue weighted by atomic mass is 79.9. The van der Waals surface area contributed by atoms with E-state index in [0.717, 1.165) is 32.7 Å². The Labute approximate surface area is 169 Å². The maximum absolute atomic E-state index is 12.1. The Bertz CT molecular complexity index is 912. The molecule has 0 radical (unpaired) electrons. The topological polar surface area (TPSA) is 55.1 Å². The van der Waals surface area contributed by atoms with Crippen LogP contribution < -0.4 is 5.32 Å². The van der Waals surface area contributed by atoms with Crippen molar-refractivity contribution in [3.05, 3.63) is 69.3 Å². The van der Waals surface area contributed by atoms with Crippen molar-refractivity contribution in [2.24, 2.45) is 0 Å². The van der Waals surface area contributed by atoms with Crippen molar-refractivity contribution >= 4 is 50.9 Å². The lowest BCUT2D eigenvalue weighted by Gasteiger charge is -2.07. The zero-order chi connectivity index (χ0) is 18.5. The first-order valence-electron chi connectivity index (χ1n) is 7.86. The van der Waals surface area contributed by atoms with Gasteiger partial charge in [0.25, 0.3) is 0 Å². The standard InChI is InChI=1S/C19H16BrClN2O2S/c1-12-2-7-17(16(20)8-12)22-19(24)11-26-10-15-9-18(23-25-15)13-3-5-14(21)6-4-13/h2-9H,10-11H2,1H3,(H,22,24). The molecular weight excluding hydrogens is 436 g/mol. The first-order chi connectivity index (χ1) is 12.5. The van der Waals surface area contributed by atoms with Crippen LogP contribution in [-0.2, 0) is 10.5 Å². The van der Waals surface area contributed by atoms with Gasteiger partial charge in [-0.3, -0.25) is 4.79 Å². The average Bonchev–Trinajstić information content (AvgIpc) is 3.07. The van der Waals surface area contributed by atoms with Crippen molar-refractivity contribution in [3.8, 4) is 11.3 Å². The second kappa shape index (κ2) is 8.75. The summed E-state index contributed by atoms with van der Waals surface area (Å²) in [5.41, 5.74) is 3.60. The SMILES string of the molecule is Cc1ccc(NC(=O)CSCc2cc(-c3ccc(Cl)cc3)no2)c(Br)c1. The third kappa shape index (κ3) is 5.13. The predicted octanol–water partition coefficient (Wildman–Crippen LogP) is 5.94. The molecule has 134 valence electrons. The van der Waals surface area contributed by atoms with Gasteiger partial charge in [0.1, 0.15) is 11.5 Å². The molecule has 3 aromatic rings. The van der Waals surface area contributed by atoms with Crippen molar-refractivity contribution < 1.29 is 9.32 Å². The highest BCUT2D eigenvalue weighted by Crippen LogP contribution is 2.25. The summed E-state index contributed by atoms with van der Waals surface area (Å²) in [5.74, 6) is 1.57. The second-order valence-electron chi connectivity index (χ2n) is 5.71. The van der Waals surface area contributed by atoms with E-state index in [4.69, 9.17) is 16.1 Å². The summed E-state index contributed by atoms with van der Waals surface area (Å²) in [5, 5.41) is 7.64. The van der Waals surface area contributed by atoms with E-state index < -0.39 is 0 Å². The zero-order valence-electron chi connectivity index (χ0n) is 14.0. The lowest BCUT2D eigenvalue weighted by atomic mass is 10.1. The molecule has 0 aliphatic heterocycles. The van der Waals surface area contributed by atoms with Gasteiger partial charge in [0.15, 0.2) is 0 Å². The maximum atomic E-state index is 12.1. The molecule has 0 aliphatic carbocycles. The number of nitrogens with one attached hydrogen (secondary N) is 1. The first kappa shape index (κ1) is 19.0. The Morgan fingerprint density at radius 2 is 2.00 bits per heavy atom. The monoisotopic (exact) mass is 450 g/mol. The Kier molecular flexibility index (Phi) is 6.40. The third-order valence-electron chi connectivity index (χ3n) is 3.58. The summed E-state index contributed by atoms with van der Waals surface area (Å²) >= 11 is 10.8. The van der Waals surface area contributed by atoms with E-state index in [-0.39, 0.29) is 5.91 Å². The summed E-state index contributed by atoms with van der Waals surface area (Å²) in [6, 6.07) is 15.1.